The second-order valence-electron chi connectivity index (χ2n) is 4.05. The van der Waals surface area contributed by atoms with E-state index in [1.165, 1.54) is 13.0 Å². The van der Waals surface area contributed by atoms with Gasteiger partial charge in [-0.1, -0.05) is 0 Å². The van der Waals surface area contributed by atoms with E-state index in [1.807, 2.05) is 0 Å². The molecule has 1 unspecified atom stereocenters. The molecule has 0 saturated carbocycles. The van der Waals surface area contributed by atoms with Crippen molar-refractivity contribution in [1.82, 2.24) is 9.55 Å². The first-order valence-electron chi connectivity index (χ1n) is 6.67. The molecule has 1 N–H and O–H groups in total. The Bertz CT molecular complexity index is 611. The molecule has 1 aromatic heterocycles. The molecular formula is C11H13F2N3O3. The summed E-state index contributed by atoms with van der Waals surface area (Å²) in [6.07, 6.45) is -4.19. The van der Waals surface area contributed by atoms with E-state index in [0.29, 0.717) is 4.57 Å². The molecule has 0 radical (unpaired) electrons. The third kappa shape index (κ3) is 2.78. The number of nitrogens with one attached hydrogen (secondary N) is 1. The van der Waals surface area contributed by atoms with Crippen LogP contribution in [0.2, 0.25) is 0 Å². The molecule has 1 fully saturated rings. The van der Waals surface area contributed by atoms with E-state index in [1.54, 1.807) is 0 Å². The number of amides is 1. The lowest BCUT2D eigenvalue weighted by Gasteiger charge is -2.19. The minimum atomic E-state index is -3.62. The Morgan fingerprint density at radius 1 is 1.79 bits per heavy atom. The molecule has 0 spiro atoms. The van der Waals surface area contributed by atoms with E-state index in [4.69, 9.17) is 7.48 Å². The van der Waals surface area contributed by atoms with Gasteiger partial charge in [-0.2, -0.15) is 4.98 Å². The molecule has 104 valence electrons. The summed E-state index contributed by atoms with van der Waals surface area (Å²) in [4.78, 5) is 26.1. The maximum Gasteiger partial charge on any atom is 0.351 e. The van der Waals surface area contributed by atoms with E-state index in [-0.39, 0.29) is 5.82 Å². The smallest absolute Gasteiger partial charge is 0.348 e. The summed E-state index contributed by atoms with van der Waals surface area (Å²) < 4.78 is 47.9. The van der Waals surface area contributed by atoms with Crippen molar-refractivity contribution in [2.75, 3.05) is 5.32 Å². The van der Waals surface area contributed by atoms with E-state index in [9.17, 15) is 18.4 Å². The van der Waals surface area contributed by atoms with Crippen LogP contribution in [-0.2, 0) is 9.53 Å². The largest absolute Gasteiger partial charge is 0.351 e. The van der Waals surface area contributed by atoms with Crippen LogP contribution >= 0.6 is 0 Å². The van der Waals surface area contributed by atoms with Crippen molar-refractivity contribution < 1.29 is 21.1 Å². The number of hydrogen-bond donors (Lipinski definition) is 1. The second kappa shape index (κ2) is 4.69. The van der Waals surface area contributed by atoms with Crippen LogP contribution in [0.3, 0.4) is 0 Å². The zero-order valence-corrected chi connectivity index (χ0v) is 9.97. The molecule has 1 aliphatic rings. The van der Waals surface area contributed by atoms with Gasteiger partial charge in [-0.25, -0.2) is 13.6 Å². The van der Waals surface area contributed by atoms with Crippen molar-refractivity contribution in [2.45, 2.75) is 38.5 Å². The number of hydrogen-bond acceptors (Lipinski definition) is 4. The molecule has 1 amide bonds. The van der Waals surface area contributed by atoms with Gasteiger partial charge in [0, 0.05) is 22.3 Å². The fourth-order valence-electron chi connectivity index (χ4n) is 1.72. The van der Waals surface area contributed by atoms with E-state index < -0.39 is 43.1 Å². The molecule has 0 aliphatic carbocycles. The van der Waals surface area contributed by atoms with Crippen LogP contribution in [-0.4, -0.2) is 27.5 Å². The monoisotopic (exact) mass is 277 g/mol. The van der Waals surface area contributed by atoms with Crippen LogP contribution in [0.15, 0.2) is 17.1 Å². The molecular weight excluding hydrogens is 260 g/mol. The number of nitrogens with zero attached hydrogens (tertiary/aromatic N) is 2. The van der Waals surface area contributed by atoms with Gasteiger partial charge in [0.15, 0.2) is 0 Å². The van der Waals surface area contributed by atoms with Crippen LogP contribution in [0.5, 0.6) is 0 Å². The summed E-state index contributed by atoms with van der Waals surface area (Å²) in [6.45, 7) is 0.706. The van der Waals surface area contributed by atoms with Crippen molar-refractivity contribution in [3.05, 3.63) is 22.7 Å². The molecule has 0 aromatic carbocycles. The first-order chi connectivity index (χ1) is 9.77. The van der Waals surface area contributed by atoms with Gasteiger partial charge in [0.1, 0.15) is 5.82 Å². The molecule has 0 bridgehead atoms. The van der Waals surface area contributed by atoms with Gasteiger partial charge in [-0.15, -0.1) is 0 Å². The lowest BCUT2D eigenvalue weighted by atomic mass is 10.2. The molecule has 1 aromatic rings. The van der Waals surface area contributed by atoms with Gasteiger partial charge < -0.3 is 10.1 Å². The Balaban J connectivity index is 2.34. The summed E-state index contributed by atoms with van der Waals surface area (Å²) in [5.74, 6) is -4.14. The van der Waals surface area contributed by atoms with Crippen LogP contribution in [0.25, 0.3) is 0 Å². The Morgan fingerprint density at radius 3 is 3.05 bits per heavy atom. The van der Waals surface area contributed by atoms with Crippen molar-refractivity contribution in [3.63, 3.8) is 0 Å². The summed E-state index contributed by atoms with van der Waals surface area (Å²) in [7, 11) is 0. The minimum Gasteiger partial charge on any atom is -0.348 e. The highest BCUT2D eigenvalue weighted by molar-refractivity contribution is 5.87. The van der Waals surface area contributed by atoms with Crippen LogP contribution in [0.1, 0.15) is 29.2 Å². The van der Waals surface area contributed by atoms with Crippen molar-refractivity contribution in [2.24, 2.45) is 0 Å². The fraction of sp³-hybridized carbons (Fsp3) is 0.545. The summed E-state index contributed by atoms with van der Waals surface area (Å²) in [5, 5.41) is 2.25. The number of anilines is 1. The Hall–Kier alpha value is -1.83. The van der Waals surface area contributed by atoms with Gasteiger partial charge in [0.2, 0.25) is 12.1 Å². The Kier molecular flexibility index (Phi) is 2.72. The quantitative estimate of drug-likeness (QED) is 0.880. The molecule has 6 nitrogen and oxygen atoms in total. The third-order valence-corrected chi connectivity index (χ3v) is 2.43. The fourth-order valence-corrected chi connectivity index (χ4v) is 1.72. The highest BCUT2D eigenvalue weighted by Gasteiger charge is 2.50. The van der Waals surface area contributed by atoms with Crippen molar-refractivity contribution in [3.8, 4) is 0 Å². The molecule has 8 heteroatoms. The van der Waals surface area contributed by atoms with Crippen molar-refractivity contribution >= 4 is 11.7 Å². The maximum absolute atomic E-state index is 14.0. The first-order valence-corrected chi connectivity index (χ1v) is 5.39. The number of aromatic nitrogens is 2. The van der Waals surface area contributed by atoms with Gasteiger partial charge in [0.05, 0.1) is 6.10 Å². The molecule has 3 atom stereocenters. The Labute approximate surface area is 110 Å². The number of halogens is 2. The average molecular weight is 277 g/mol. The predicted molar refractivity (Wildman–Crippen MR) is 61.9 cm³/mol. The average Bonchev–Trinajstić information content (AvgIpc) is 2.61. The van der Waals surface area contributed by atoms with Gasteiger partial charge in [-0.05, 0) is 13.0 Å². The highest BCUT2D eigenvalue weighted by atomic mass is 19.3. The standard InChI is InChI=1S/C11H13F2N3O3/c1-6-5-11(12,13)9(19-6)16-4-3-8(14-7(2)17)15-10(16)18/h3-4,6,9H,5H2,1-2H3,(H,14,15,17,18)/t6-,9?/m1/s1/i1T,5T/t5-,6+,9?/m0. The third-order valence-electron chi connectivity index (χ3n) is 2.43. The van der Waals surface area contributed by atoms with E-state index >= 15 is 0 Å². The number of rotatable bonds is 2. The molecule has 2 heterocycles. The predicted octanol–water partition coefficient (Wildman–Crippen LogP) is 1.14. The van der Waals surface area contributed by atoms with Gasteiger partial charge in [-0.3, -0.25) is 9.36 Å². The molecule has 1 aliphatic heterocycles. The molecule has 2 rings (SSSR count). The number of ether oxygens (including phenoxy) is 1. The lowest BCUT2D eigenvalue weighted by molar-refractivity contribution is -0.116. The SMILES string of the molecule is [3H]C[C@H]1OC(n2ccc(NC(C)=O)nc2=O)C(F)(F)[C@H]1[3H]. The number of carbonyl (C=O) groups is 1. The molecule has 1 saturated heterocycles. The summed E-state index contributed by atoms with van der Waals surface area (Å²) in [5.41, 5.74) is -1.04. The summed E-state index contributed by atoms with van der Waals surface area (Å²) >= 11 is 0. The normalized spacial score (nSPS) is 30.6. The number of carbonyl (C=O) groups excluding carboxylic acids is 1. The maximum atomic E-state index is 14.0. The summed E-state index contributed by atoms with van der Waals surface area (Å²) in [6, 6.07) is 1.18. The van der Waals surface area contributed by atoms with Crippen LogP contribution in [0, 0.1) is 0 Å². The van der Waals surface area contributed by atoms with Crippen molar-refractivity contribution in [1.29, 1.82) is 0 Å². The highest BCUT2D eigenvalue weighted by Crippen LogP contribution is 2.41. The number of alkyl halides is 2. The molecule has 19 heavy (non-hydrogen) atoms. The zero-order valence-electron chi connectivity index (χ0n) is 12.0. The van der Waals surface area contributed by atoms with Gasteiger partial charge in [0.25, 0.3) is 5.92 Å². The zero-order chi connectivity index (χ0) is 15.8. The van der Waals surface area contributed by atoms with E-state index in [0.717, 1.165) is 6.20 Å². The minimum absolute atomic E-state index is 0.0653. The van der Waals surface area contributed by atoms with Crippen LogP contribution in [0.4, 0.5) is 14.6 Å². The Morgan fingerprint density at radius 2 is 2.53 bits per heavy atom. The first kappa shape index (κ1) is 11.0. The van der Waals surface area contributed by atoms with E-state index in [2.05, 4.69) is 10.3 Å². The second-order valence-corrected chi connectivity index (χ2v) is 4.05. The topological polar surface area (TPSA) is 73.2 Å². The lowest BCUT2D eigenvalue weighted by Crippen LogP contribution is -2.35. The van der Waals surface area contributed by atoms with Crippen LogP contribution < -0.4 is 11.0 Å². The van der Waals surface area contributed by atoms with Gasteiger partial charge >= 0.3 is 5.69 Å².